The normalized spacial score (nSPS) is 32.1. The zero-order valence-corrected chi connectivity index (χ0v) is 21.7. The lowest BCUT2D eigenvalue weighted by atomic mass is 9.94. The molecule has 4 atom stereocenters. The van der Waals surface area contributed by atoms with Crippen LogP contribution in [-0.4, -0.2) is 28.8 Å². The van der Waals surface area contributed by atoms with E-state index in [0.717, 1.165) is 0 Å². The van der Waals surface area contributed by atoms with Crippen molar-refractivity contribution < 1.29 is 8.85 Å². The van der Waals surface area contributed by atoms with E-state index in [1.807, 2.05) is 0 Å². The second kappa shape index (κ2) is 6.30. The average molecular weight is 397 g/mol. The molecular formula is C22H44O2Si2. The van der Waals surface area contributed by atoms with Crippen LogP contribution in [0.5, 0.6) is 0 Å². The standard InChI is InChI=1S/C22H44O2Si2/c1-15-14-16-17(22(16,8)9)19(24-26(12,13)21(5,6)7)18(15)23-25(10,11)20(2,3)4/h14,16-19H,1-13H3/t16-,17-,18-,19+/m1/s1. The van der Waals surface area contributed by atoms with Crippen LogP contribution in [0.25, 0.3) is 0 Å². The van der Waals surface area contributed by atoms with Crippen molar-refractivity contribution in [2.75, 3.05) is 0 Å². The monoisotopic (exact) mass is 396 g/mol. The SMILES string of the molecule is CC1=C[C@@H]2[C@H]([C@H](O[Si](C)(C)C(C)(C)C)[C@@H]1O[Si](C)(C)C(C)(C)C)C2(C)C. The molecule has 4 heteroatoms. The van der Waals surface area contributed by atoms with Gasteiger partial charge in [0, 0.05) is 0 Å². The van der Waals surface area contributed by atoms with E-state index in [-0.39, 0.29) is 22.3 Å². The van der Waals surface area contributed by atoms with Gasteiger partial charge in [0.25, 0.3) is 0 Å². The highest BCUT2D eigenvalue weighted by atomic mass is 28.4. The molecule has 0 N–H and O–H groups in total. The number of rotatable bonds is 4. The molecule has 0 saturated heterocycles. The van der Waals surface area contributed by atoms with Crippen molar-refractivity contribution in [2.24, 2.45) is 17.3 Å². The van der Waals surface area contributed by atoms with E-state index in [0.29, 0.717) is 17.3 Å². The van der Waals surface area contributed by atoms with Crippen LogP contribution >= 0.6 is 0 Å². The lowest BCUT2D eigenvalue weighted by molar-refractivity contribution is 0.0297. The summed E-state index contributed by atoms with van der Waals surface area (Å²) in [6.45, 7) is 30.6. The van der Waals surface area contributed by atoms with Gasteiger partial charge in [0.1, 0.15) is 0 Å². The molecule has 0 aromatic heterocycles. The molecule has 0 radical (unpaired) electrons. The zero-order valence-electron chi connectivity index (χ0n) is 19.7. The first kappa shape index (κ1) is 22.4. The highest BCUT2D eigenvalue weighted by molar-refractivity contribution is 6.74. The summed E-state index contributed by atoms with van der Waals surface area (Å²) in [5, 5.41) is 0.433. The minimum Gasteiger partial charge on any atom is -0.411 e. The Kier molecular flexibility index (Phi) is 5.42. The van der Waals surface area contributed by atoms with Gasteiger partial charge in [-0.3, -0.25) is 0 Å². The van der Waals surface area contributed by atoms with Crippen LogP contribution in [0.3, 0.4) is 0 Å². The Morgan fingerprint density at radius 2 is 1.27 bits per heavy atom. The van der Waals surface area contributed by atoms with Crippen molar-refractivity contribution >= 4 is 16.6 Å². The fraction of sp³-hybridized carbons (Fsp3) is 0.909. The summed E-state index contributed by atoms with van der Waals surface area (Å²) in [6.07, 6.45) is 2.82. The molecule has 26 heavy (non-hydrogen) atoms. The Labute approximate surface area is 165 Å². The Morgan fingerprint density at radius 1 is 0.846 bits per heavy atom. The topological polar surface area (TPSA) is 18.5 Å². The summed E-state index contributed by atoms with van der Waals surface area (Å²) >= 11 is 0. The Hall–Kier alpha value is 0.0938. The summed E-state index contributed by atoms with van der Waals surface area (Å²) in [5.41, 5.74) is 1.73. The average Bonchev–Trinajstić information content (AvgIpc) is 2.92. The third kappa shape index (κ3) is 3.81. The van der Waals surface area contributed by atoms with Gasteiger partial charge in [0.15, 0.2) is 16.6 Å². The summed E-state index contributed by atoms with van der Waals surface area (Å²) in [4.78, 5) is 0. The van der Waals surface area contributed by atoms with Crippen LogP contribution < -0.4 is 0 Å². The van der Waals surface area contributed by atoms with Crippen LogP contribution in [-0.2, 0) is 8.85 Å². The molecule has 0 bridgehead atoms. The lowest BCUT2D eigenvalue weighted by Gasteiger charge is -2.46. The molecule has 0 amide bonds. The van der Waals surface area contributed by atoms with Gasteiger partial charge < -0.3 is 8.85 Å². The van der Waals surface area contributed by atoms with Crippen LogP contribution in [0.1, 0.15) is 62.3 Å². The van der Waals surface area contributed by atoms with E-state index in [1.54, 1.807) is 0 Å². The molecule has 1 fully saturated rings. The van der Waals surface area contributed by atoms with Crippen LogP contribution in [0, 0.1) is 17.3 Å². The number of hydrogen-bond donors (Lipinski definition) is 0. The van der Waals surface area contributed by atoms with E-state index in [2.05, 4.69) is 94.6 Å². The van der Waals surface area contributed by atoms with E-state index in [9.17, 15) is 0 Å². The minimum atomic E-state index is -1.86. The summed E-state index contributed by atoms with van der Waals surface area (Å²) in [6, 6.07) is 0. The van der Waals surface area contributed by atoms with Gasteiger partial charge in [0.05, 0.1) is 12.2 Å². The van der Waals surface area contributed by atoms with Crippen molar-refractivity contribution in [3.05, 3.63) is 11.6 Å². The Morgan fingerprint density at radius 3 is 1.69 bits per heavy atom. The largest absolute Gasteiger partial charge is 0.411 e. The molecule has 2 aliphatic carbocycles. The van der Waals surface area contributed by atoms with Crippen molar-refractivity contribution in [1.29, 1.82) is 0 Å². The molecular weight excluding hydrogens is 352 g/mol. The quantitative estimate of drug-likeness (QED) is 0.376. The predicted molar refractivity (Wildman–Crippen MR) is 119 cm³/mol. The van der Waals surface area contributed by atoms with E-state index >= 15 is 0 Å². The highest BCUT2D eigenvalue weighted by Gasteiger charge is 2.65. The molecule has 2 nitrogen and oxygen atoms in total. The molecule has 0 heterocycles. The second-order valence-electron chi connectivity index (χ2n) is 12.4. The summed E-state index contributed by atoms with van der Waals surface area (Å²) < 4.78 is 14.1. The van der Waals surface area contributed by atoms with Crippen molar-refractivity contribution in [2.45, 2.75) is 111 Å². The third-order valence-electron chi connectivity index (χ3n) is 8.00. The van der Waals surface area contributed by atoms with Gasteiger partial charge in [-0.25, -0.2) is 0 Å². The molecule has 0 aromatic carbocycles. The number of fused-ring (bicyclic) bond motifs is 1. The van der Waals surface area contributed by atoms with Crippen LogP contribution in [0.2, 0.25) is 36.3 Å². The van der Waals surface area contributed by atoms with Gasteiger partial charge in [-0.2, -0.15) is 0 Å². The fourth-order valence-corrected chi connectivity index (χ4v) is 6.41. The number of hydrogen-bond acceptors (Lipinski definition) is 2. The maximum absolute atomic E-state index is 7.07. The summed E-state index contributed by atoms with van der Waals surface area (Å²) in [5.74, 6) is 1.24. The van der Waals surface area contributed by atoms with Crippen molar-refractivity contribution in [3.63, 3.8) is 0 Å². The zero-order chi connectivity index (χ0) is 20.5. The molecule has 2 rings (SSSR count). The highest BCUT2D eigenvalue weighted by Crippen LogP contribution is 2.65. The van der Waals surface area contributed by atoms with Gasteiger partial charge in [0.2, 0.25) is 0 Å². The smallest absolute Gasteiger partial charge is 0.193 e. The van der Waals surface area contributed by atoms with Gasteiger partial charge >= 0.3 is 0 Å². The second-order valence-corrected chi connectivity index (χ2v) is 21.9. The van der Waals surface area contributed by atoms with Crippen LogP contribution in [0.15, 0.2) is 11.6 Å². The van der Waals surface area contributed by atoms with E-state index < -0.39 is 16.6 Å². The first-order valence-electron chi connectivity index (χ1n) is 10.4. The molecule has 0 aliphatic heterocycles. The van der Waals surface area contributed by atoms with Crippen molar-refractivity contribution in [1.82, 2.24) is 0 Å². The lowest BCUT2D eigenvalue weighted by Crippen LogP contribution is -2.54. The molecule has 0 unspecified atom stereocenters. The first-order chi connectivity index (χ1) is 11.3. The summed E-state index contributed by atoms with van der Waals surface area (Å²) in [7, 11) is -3.71. The van der Waals surface area contributed by atoms with Gasteiger partial charge in [-0.15, -0.1) is 0 Å². The van der Waals surface area contributed by atoms with E-state index in [4.69, 9.17) is 8.85 Å². The fourth-order valence-electron chi connectivity index (χ4n) is 3.80. The molecule has 1 saturated carbocycles. The third-order valence-corrected chi connectivity index (χ3v) is 16.9. The maximum Gasteiger partial charge on any atom is 0.193 e. The molecule has 2 aliphatic rings. The van der Waals surface area contributed by atoms with Crippen LogP contribution in [0.4, 0.5) is 0 Å². The maximum atomic E-state index is 7.07. The first-order valence-corrected chi connectivity index (χ1v) is 16.2. The molecule has 0 aromatic rings. The Balaban J connectivity index is 2.38. The molecule has 0 spiro atoms. The van der Waals surface area contributed by atoms with Gasteiger partial charge in [-0.05, 0) is 66.0 Å². The molecule has 152 valence electrons. The van der Waals surface area contributed by atoms with E-state index in [1.165, 1.54) is 5.57 Å². The minimum absolute atomic E-state index is 0.119. The van der Waals surface area contributed by atoms with Crippen molar-refractivity contribution in [3.8, 4) is 0 Å². The number of allylic oxidation sites excluding steroid dienone is 1. The van der Waals surface area contributed by atoms with Gasteiger partial charge in [-0.1, -0.05) is 61.5 Å². The predicted octanol–water partition coefficient (Wildman–Crippen LogP) is 7.00. The Bertz CT molecular complexity index is 576.